The highest BCUT2D eigenvalue weighted by Gasteiger charge is 2.18. The first-order chi connectivity index (χ1) is 8.51. The molecular formula is C9H15N5O3S. The van der Waals surface area contributed by atoms with Crippen LogP contribution in [0, 0.1) is 0 Å². The average Bonchev–Trinajstić information content (AvgIpc) is 2.38. The van der Waals surface area contributed by atoms with Crippen LogP contribution in [0.2, 0.25) is 0 Å². The predicted molar refractivity (Wildman–Crippen MR) is 65.9 cm³/mol. The van der Waals surface area contributed by atoms with Gasteiger partial charge in [0.15, 0.2) is 0 Å². The Morgan fingerprint density at radius 1 is 1.50 bits per heavy atom. The van der Waals surface area contributed by atoms with E-state index in [-0.39, 0.29) is 29.5 Å². The third kappa shape index (κ3) is 3.65. The SMILES string of the molecule is CNC(=O)CCNS(=O)(=O)c1cnccc1NN. The summed E-state index contributed by atoms with van der Waals surface area (Å²) in [7, 11) is -2.26. The van der Waals surface area contributed by atoms with Gasteiger partial charge in [0.25, 0.3) is 0 Å². The van der Waals surface area contributed by atoms with Gasteiger partial charge >= 0.3 is 0 Å². The Balaban J connectivity index is 2.77. The van der Waals surface area contributed by atoms with Crippen LogP contribution < -0.4 is 21.3 Å². The number of hydrogen-bond donors (Lipinski definition) is 4. The number of aromatic nitrogens is 1. The van der Waals surface area contributed by atoms with Crippen LogP contribution in [-0.4, -0.2) is 32.9 Å². The molecule has 0 aliphatic carbocycles. The number of hydrazine groups is 1. The molecule has 1 rings (SSSR count). The third-order valence-corrected chi connectivity index (χ3v) is 3.64. The summed E-state index contributed by atoms with van der Waals surface area (Å²) in [6.45, 7) is 0.000905. The van der Waals surface area contributed by atoms with Crippen LogP contribution in [-0.2, 0) is 14.8 Å². The average molecular weight is 273 g/mol. The number of anilines is 1. The molecule has 0 atom stereocenters. The van der Waals surface area contributed by atoms with E-state index < -0.39 is 10.0 Å². The number of nitrogens with zero attached hydrogens (tertiary/aromatic N) is 1. The summed E-state index contributed by atoms with van der Waals surface area (Å²) in [6.07, 6.45) is 2.65. The monoisotopic (exact) mass is 273 g/mol. The second-order valence-corrected chi connectivity index (χ2v) is 5.07. The van der Waals surface area contributed by atoms with E-state index in [2.05, 4.69) is 20.4 Å². The van der Waals surface area contributed by atoms with E-state index >= 15 is 0 Å². The van der Waals surface area contributed by atoms with Crippen molar-refractivity contribution in [3.05, 3.63) is 18.5 Å². The number of nitrogens with two attached hydrogens (primary N) is 1. The Morgan fingerprint density at radius 3 is 2.83 bits per heavy atom. The lowest BCUT2D eigenvalue weighted by Crippen LogP contribution is -2.30. The molecule has 18 heavy (non-hydrogen) atoms. The van der Waals surface area contributed by atoms with Gasteiger partial charge in [-0.2, -0.15) is 0 Å². The lowest BCUT2D eigenvalue weighted by molar-refractivity contribution is -0.120. The summed E-state index contributed by atoms with van der Waals surface area (Å²) in [4.78, 5) is 14.6. The van der Waals surface area contributed by atoms with Crippen molar-refractivity contribution in [2.75, 3.05) is 19.0 Å². The van der Waals surface area contributed by atoms with Gasteiger partial charge < -0.3 is 10.7 Å². The van der Waals surface area contributed by atoms with E-state index in [0.717, 1.165) is 0 Å². The van der Waals surface area contributed by atoms with Gasteiger partial charge in [0, 0.05) is 32.4 Å². The molecule has 5 N–H and O–H groups in total. The summed E-state index contributed by atoms with van der Waals surface area (Å²) < 4.78 is 26.1. The van der Waals surface area contributed by atoms with Gasteiger partial charge in [-0.3, -0.25) is 15.6 Å². The summed E-state index contributed by atoms with van der Waals surface area (Å²) in [5.41, 5.74) is 2.51. The first-order valence-corrected chi connectivity index (χ1v) is 6.60. The van der Waals surface area contributed by atoms with Crippen LogP contribution in [0.25, 0.3) is 0 Å². The molecular weight excluding hydrogens is 258 g/mol. The summed E-state index contributed by atoms with van der Waals surface area (Å²) >= 11 is 0. The van der Waals surface area contributed by atoms with Gasteiger partial charge in [0.1, 0.15) is 4.90 Å². The molecule has 1 heterocycles. The van der Waals surface area contributed by atoms with Crippen molar-refractivity contribution in [1.82, 2.24) is 15.0 Å². The lowest BCUT2D eigenvalue weighted by atomic mass is 10.4. The number of hydrogen-bond acceptors (Lipinski definition) is 6. The molecule has 0 saturated heterocycles. The number of rotatable bonds is 6. The minimum absolute atomic E-state index is 0.000905. The van der Waals surface area contributed by atoms with Crippen LogP contribution in [0.15, 0.2) is 23.4 Å². The Morgan fingerprint density at radius 2 is 2.22 bits per heavy atom. The topological polar surface area (TPSA) is 126 Å². The Kier molecular flexibility index (Phi) is 5.01. The standard InChI is InChI=1S/C9H15N5O3S/c1-11-9(15)3-5-13-18(16,17)8-6-12-4-2-7(8)14-10/h2,4,6,13H,3,5,10H2,1H3,(H,11,15)(H,12,14). The summed E-state index contributed by atoms with van der Waals surface area (Å²) in [5, 5.41) is 2.40. The molecule has 0 unspecified atom stereocenters. The van der Waals surface area contributed by atoms with Crippen molar-refractivity contribution in [2.24, 2.45) is 5.84 Å². The van der Waals surface area contributed by atoms with Crippen LogP contribution in [0.1, 0.15) is 6.42 Å². The first-order valence-electron chi connectivity index (χ1n) is 5.12. The Hall–Kier alpha value is -1.71. The largest absolute Gasteiger partial charge is 0.359 e. The molecule has 1 aromatic rings. The number of carbonyl (C=O) groups is 1. The second-order valence-electron chi connectivity index (χ2n) is 3.34. The maximum Gasteiger partial charge on any atom is 0.244 e. The van der Waals surface area contributed by atoms with Crippen LogP contribution in [0.5, 0.6) is 0 Å². The normalized spacial score (nSPS) is 11.0. The summed E-state index contributed by atoms with van der Waals surface area (Å²) in [6, 6.07) is 1.44. The lowest BCUT2D eigenvalue weighted by Gasteiger charge is -2.09. The molecule has 9 heteroatoms. The van der Waals surface area contributed by atoms with E-state index in [9.17, 15) is 13.2 Å². The van der Waals surface area contributed by atoms with E-state index in [1.807, 2.05) is 0 Å². The van der Waals surface area contributed by atoms with Crippen molar-refractivity contribution in [3.8, 4) is 0 Å². The number of amides is 1. The van der Waals surface area contributed by atoms with Crippen molar-refractivity contribution in [2.45, 2.75) is 11.3 Å². The Bertz CT molecular complexity index is 517. The highest BCUT2D eigenvalue weighted by Crippen LogP contribution is 2.17. The molecule has 0 spiro atoms. The second kappa shape index (κ2) is 6.28. The van der Waals surface area contributed by atoms with Gasteiger partial charge in [-0.15, -0.1) is 0 Å². The molecule has 0 bridgehead atoms. The molecule has 0 aliphatic heterocycles. The Labute approximate surface area is 105 Å². The fourth-order valence-electron chi connectivity index (χ4n) is 1.22. The van der Waals surface area contributed by atoms with Crippen LogP contribution in [0.3, 0.4) is 0 Å². The maximum absolute atomic E-state index is 11.9. The van der Waals surface area contributed by atoms with E-state index in [0.29, 0.717) is 0 Å². The van der Waals surface area contributed by atoms with Crippen molar-refractivity contribution in [1.29, 1.82) is 0 Å². The number of sulfonamides is 1. The highest BCUT2D eigenvalue weighted by molar-refractivity contribution is 7.89. The smallest absolute Gasteiger partial charge is 0.244 e. The molecule has 0 saturated carbocycles. The van der Waals surface area contributed by atoms with E-state index in [1.165, 1.54) is 25.5 Å². The molecule has 8 nitrogen and oxygen atoms in total. The van der Waals surface area contributed by atoms with E-state index in [4.69, 9.17) is 5.84 Å². The van der Waals surface area contributed by atoms with Gasteiger partial charge in [0.05, 0.1) is 5.69 Å². The zero-order valence-corrected chi connectivity index (χ0v) is 10.6. The van der Waals surface area contributed by atoms with Crippen molar-refractivity contribution >= 4 is 21.6 Å². The number of pyridine rings is 1. The van der Waals surface area contributed by atoms with Gasteiger partial charge in [0.2, 0.25) is 15.9 Å². The molecule has 1 amide bonds. The zero-order valence-electron chi connectivity index (χ0n) is 9.80. The minimum Gasteiger partial charge on any atom is -0.359 e. The minimum atomic E-state index is -3.74. The van der Waals surface area contributed by atoms with Gasteiger partial charge in [-0.05, 0) is 6.07 Å². The molecule has 0 aliphatic rings. The van der Waals surface area contributed by atoms with Crippen molar-refractivity contribution in [3.63, 3.8) is 0 Å². The first kappa shape index (κ1) is 14.4. The predicted octanol–water partition coefficient (Wildman–Crippen LogP) is -1.22. The van der Waals surface area contributed by atoms with Crippen LogP contribution >= 0.6 is 0 Å². The molecule has 0 radical (unpaired) electrons. The molecule has 0 aromatic carbocycles. The molecule has 1 aromatic heterocycles. The quantitative estimate of drug-likeness (QED) is 0.380. The maximum atomic E-state index is 11.9. The third-order valence-electron chi connectivity index (χ3n) is 2.15. The fourth-order valence-corrected chi connectivity index (χ4v) is 2.36. The zero-order chi connectivity index (χ0) is 13.6. The highest BCUT2D eigenvalue weighted by atomic mass is 32.2. The number of carbonyl (C=O) groups excluding carboxylic acids is 1. The van der Waals surface area contributed by atoms with Gasteiger partial charge in [-0.25, -0.2) is 13.1 Å². The molecule has 100 valence electrons. The summed E-state index contributed by atoms with van der Waals surface area (Å²) in [5.74, 6) is 4.96. The van der Waals surface area contributed by atoms with Gasteiger partial charge in [-0.1, -0.05) is 0 Å². The van der Waals surface area contributed by atoms with E-state index in [1.54, 1.807) is 0 Å². The van der Waals surface area contributed by atoms with Crippen LogP contribution in [0.4, 0.5) is 5.69 Å². The number of nitrogens with one attached hydrogen (secondary N) is 3. The number of nitrogen functional groups attached to an aromatic ring is 1. The fraction of sp³-hybridized carbons (Fsp3) is 0.333. The van der Waals surface area contributed by atoms with Crippen molar-refractivity contribution < 1.29 is 13.2 Å². The molecule has 0 fully saturated rings.